The Bertz CT molecular complexity index is 362. The molecule has 1 aliphatic heterocycles. The van der Waals surface area contributed by atoms with Crippen LogP contribution in [0.1, 0.15) is 0 Å². The predicted molar refractivity (Wildman–Crippen MR) is 51.0 cm³/mol. The lowest BCUT2D eigenvalue weighted by Crippen LogP contribution is -2.33. The van der Waals surface area contributed by atoms with Crippen LogP contribution in [0.3, 0.4) is 0 Å². The zero-order chi connectivity index (χ0) is 11.3. The Morgan fingerprint density at radius 1 is 1.53 bits per heavy atom. The number of sulfonamides is 1. The minimum Gasteiger partial charge on any atom is -0.494 e. The third-order valence-electron chi connectivity index (χ3n) is 1.55. The summed E-state index contributed by atoms with van der Waals surface area (Å²) in [4.78, 5) is 11.3. The lowest BCUT2D eigenvalue weighted by Gasteiger charge is -2.14. The van der Waals surface area contributed by atoms with Gasteiger partial charge in [0, 0.05) is 6.54 Å². The van der Waals surface area contributed by atoms with E-state index in [4.69, 9.17) is 14.6 Å². The lowest BCUT2D eigenvalue weighted by molar-refractivity contribution is -0.122. The highest BCUT2D eigenvalue weighted by molar-refractivity contribution is 7.89. The first kappa shape index (κ1) is 11.8. The Morgan fingerprint density at radius 2 is 2.27 bits per heavy atom. The molecule has 0 aliphatic carbocycles. The van der Waals surface area contributed by atoms with E-state index in [1.54, 1.807) is 0 Å². The van der Waals surface area contributed by atoms with Crippen molar-refractivity contribution in [3.8, 4) is 0 Å². The topological polar surface area (TPSA) is 108 Å². The molecule has 0 bridgehead atoms. The molecule has 0 aromatic heterocycles. The summed E-state index contributed by atoms with van der Waals surface area (Å²) in [5, 5.41) is 7.09. The Balaban J connectivity index is 2.33. The summed E-state index contributed by atoms with van der Waals surface area (Å²) in [5.41, 5.74) is 0. The molecule has 0 spiro atoms. The van der Waals surface area contributed by atoms with Crippen LogP contribution in [0.4, 0.5) is 0 Å². The molecule has 0 radical (unpaired) electrons. The molecule has 3 N–H and O–H groups in total. The number of hydrogen-bond donors (Lipinski definition) is 2. The van der Waals surface area contributed by atoms with Gasteiger partial charge in [-0.25, -0.2) is 13.6 Å². The molecule has 0 atom stereocenters. The van der Waals surface area contributed by atoms with Gasteiger partial charge in [0.05, 0.1) is 5.75 Å². The molecule has 8 heteroatoms. The summed E-state index contributed by atoms with van der Waals surface area (Å²) in [7, 11) is -3.56. The van der Waals surface area contributed by atoms with E-state index in [1.807, 2.05) is 0 Å². The van der Waals surface area contributed by atoms with E-state index in [0.717, 1.165) is 0 Å². The predicted octanol–water partition coefficient (Wildman–Crippen LogP) is -1.72. The van der Waals surface area contributed by atoms with Gasteiger partial charge in [0.1, 0.15) is 19.5 Å². The van der Waals surface area contributed by atoms with Gasteiger partial charge in [0.15, 0.2) is 0 Å². The number of ether oxygens (including phenoxy) is 2. The molecular weight excluding hydrogens is 224 g/mol. The van der Waals surface area contributed by atoms with Gasteiger partial charge in [0.25, 0.3) is 5.91 Å². The highest BCUT2D eigenvalue weighted by Gasteiger charge is 2.14. The van der Waals surface area contributed by atoms with Crippen LogP contribution >= 0.6 is 0 Å². The van der Waals surface area contributed by atoms with Crippen molar-refractivity contribution in [2.24, 2.45) is 5.14 Å². The fourth-order valence-corrected chi connectivity index (χ4v) is 1.27. The summed E-state index contributed by atoms with van der Waals surface area (Å²) in [6.45, 7) is 0.640. The maximum atomic E-state index is 11.3. The van der Waals surface area contributed by atoms with Crippen LogP contribution in [0.15, 0.2) is 12.0 Å². The van der Waals surface area contributed by atoms with Crippen molar-refractivity contribution in [2.45, 2.75) is 0 Å². The van der Waals surface area contributed by atoms with Crippen LogP contribution < -0.4 is 10.5 Å². The maximum Gasteiger partial charge on any atom is 0.289 e. The number of amides is 1. The van der Waals surface area contributed by atoms with Crippen LogP contribution in [0.2, 0.25) is 0 Å². The number of carbonyl (C=O) groups excluding carboxylic acids is 1. The third-order valence-corrected chi connectivity index (χ3v) is 2.32. The summed E-state index contributed by atoms with van der Waals surface area (Å²) >= 11 is 0. The Labute approximate surface area is 87.3 Å². The van der Waals surface area contributed by atoms with Crippen molar-refractivity contribution in [3.05, 3.63) is 12.0 Å². The van der Waals surface area contributed by atoms with Gasteiger partial charge in [0.2, 0.25) is 15.8 Å². The van der Waals surface area contributed by atoms with E-state index >= 15 is 0 Å². The van der Waals surface area contributed by atoms with E-state index in [-0.39, 0.29) is 18.1 Å². The Kier molecular flexibility index (Phi) is 3.92. The number of primary sulfonamides is 1. The molecule has 0 saturated heterocycles. The van der Waals surface area contributed by atoms with Crippen molar-refractivity contribution in [3.63, 3.8) is 0 Å². The van der Waals surface area contributed by atoms with Gasteiger partial charge in [-0.2, -0.15) is 0 Å². The van der Waals surface area contributed by atoms with Crippen LogP contribution in [0, 0.1) is 0 Å². The molecule has 1 amide bonds. The number of nitrogens with two attached hydrogens (primary N) is 1. The van der Waals surface area contributed by atoms with Crippen molar-refractivity contribution in [1.29, 1.82) is 0 Å². The van der Waals surface area contributed by atoms with Gasteiger partial charge in [-0.3, -0.25) is 4.79 Å². The van der Waals surface area contributed by atoms with Crippen molar-refractivity contribution in [2.75, 3.05) is 25.5 Å². The average molecular weight is 236 g/mol. The fraction of sp³-hybridized carbons (Fsp3) is 0.571. The Hall–Kier alpha value is -1.28. The minimum absolute atomic E-state index is 0.0377. The first-order chi connectivity index (χ1) is 6.99. The van der Waals surface area contributed by atoms with Crippen LogP contribution in [-0.2, 0) is 24.3 Å². The van der Waals surface area contributed by atoms with Gasteiger partial charge in [-0.15, -0.1) is 0 Å². The molecule has 1 aliphatic rings. The van der Waals surface area contributed by atoms with Crippen LogP contribution in [-0.4, -0.2) is 39.8 Å². The zero-order valence-corrected chi connectivity index (χ0v) is 8.75. The molecule has 15 heavy (non-hydrogen) atoms. The SMILES string of the molecule is NS(=O)(=O)CCNC(=O)C1=COCCO1. The maximum absolute atomic E-state index is 11.3. The second-order valence-electron chi connectivity index (χ2n) is 2.82. The zero-order valence-electron chi connectivity index (χ0n) is 7.93. The molecule has 86 valence electrons. The van der Waals surface area contributed by atoms with Gasteiger partial charge >= 0.3 is 0 Å². The molecular formula is C7H12N2O5S. The first-order valence-electron chi connectivity index (χ1n) is 4.22. The van der Waals surface area contributed by atoms with Crippen LogP contribution in [0.5, 0.6) is 0 Å². The summed E-state index contributed by atoms with van der Waals surface area (Å²) in [6.07, 6.45) is 1.19. The monoisotopic (exact) mass is 236 g/mol. The van der Waals surface area contributed by atoms with Gasteiger partial charge in [-0.05, 0) is 0 Å². The standard InChI is InChI=1S/C7H12N2O5S/c8-15(11,12)4-1-9-7(10)6-5-13-2-3-14-6/h5H,1-4H2,(H,9,10)(H2,8,11,12). The Morgan fingerprint density at radius 3 is 2.80 bits per heavy atom. The van der Waals surface area contributed by atoms with E-state index in [9.17, 15) is 13.2 Å². The van der Waals surface area contributed by atoms with E-state index in [2.05, 4.69) is 5.32 Å². The van der Waals surface area contributed by atoms with Gasteiger partial charge < -0.3 is 14.8 Å². The quantitative estimate of drug-likeness (QED) is 0.603. The van der Waals surface area contributed by atoms with Crippen LogP contribution in [0.25, 0.3) is 0 Å². The summed E-state index contributed by atoms with van der Waals surface area (Å²) in [6, 6.07) is 0. The number of nitrogens with one attached hydrogen (secondary N) is 1. The van der Waals surface area contributed by atoms with E-state index < -0.39 is 15.9 Å². The van der Waals surface area contributed by atoms with Crippen molar-refractivity contribution in [1.82, 2.24) is 5.32 Å². The molecule has 0 unspecified atom stereocenters. The highest BCUT2D eigenvalue weighted by Crippen LogP contribution is 2.03. The molecule has 0 aromatic rings. The molecule has 1 heterocycles. The largest absolute Gasteiger partial charge is 0.494 e. The fourth-order valence-electron chi connectivity index (χ4n) is 0.881. The van der Waals surface area contributed by atoms with Crippen molar-refractivity contribution < 1.29 is 22.7 Å². The third kappa shape index (κ3) is 4.66. The second kappa shape index (κ2) is 4.99. The molecule has 0 saturated carbocycles. The number of hydrogen-bond acceptors (Lipinski definition) is 5. The number of rotatable bonds is 4. The molecule has 1 rings (SSSR count). The number of carbonyl (C=O) groups is 1. The van der Waals surface area contributed by atoms with Gasteiger partial charge in [-0.1, -0.05) is 0 Å². The second-order valence-corrected chi connectivity index (χ2v) is 4.56. The molecule has 0 aromatic carbocycles. The van der Waals surface area contributed by atoms with Crippen molar-refractivity contribution >= 4 is 15.9 Å². The molecule has 7 nitrogen and oxygen atoms in total. The minimum atomic E-state index is -3.56. The first-order valence-corrected chi connectivity index (χ1v) is 5.94. The summed E-state index contributed by atoms with van der Waals surface area (Å²) in [5.74, 6) is -0.790. The lowest BCUT2D eigenvalue weighted by atomic mass is 10.4. The summed E-state index contributed by atoms with van der Waals surface area (Å²) < 4.78 is 30.9. The normalized spacial score (nSPS) is 15.9. The van der Waals surface area contributed by atoms with E-state index in [0.29, 0.717) is 13.2 Å². The smallest absolute Gasteiger partial charge is 0.289 e. The molecule has 0 fully saturated rings. The highest BCUT2D eigenvalue weighted by atomic mass is 32.2. The van der Waals surface area contributed by atoms with E-state index in [1.165, 1.54) is 6.26 Å². The average Bonchev–Trinajstić information content (AvgIpc) is 2.17.